The fraction of sp³-hybridized carbons (Fsp3) is 0.600. The van der Waals surface area contributed by atoms with Crippen molar-refractivity contribution in [3.63, 3.8) is 0 Å². The molecule has 1 saturated heterocycles. The Kier molecular flexibility index (Phi) is 6.79. The highest BCUT2D eigenvalue weighted by molar-refractivity contribution is 5.80. The first-order chi connectivity index (χ1) is 13.2. The van der Waals surface area contributed by atoms with Gasteiger partial charge in [-0.15, -0.1) is 0 Å². The van der Waals surface area contributed by atoms with Gasteiger partial charge in [-0.3, -0.25) is 4.79 Å². The van der Waals surface area contributed by atoms with Crippen LogP contribution in [0.25, 0.3) is 0 Å². The van der Waals surface area contributed by atoms with E-state index in [9.17, 15) is 4.79 Å². The number of nitrogens with one attached hydrogen (secondary N) is 1. The minimum absolute atomic E-state index is 0.00384. The number of benzene rings is 1. The Hall–Kier alpha value is -2.44. The number of carbonyl (C=O) groups is 1. The molecule has 0 aromatic heterocycles. The normalized spacial score (nSPS) is 18.0. The van der Waals surface area contributed by atoms with Crippen LogP contribution in [0.1, 0.15) is 31.7 Å². The number of methoxy groups -OCH3 is 1. The highest BCUT2D eigenvalue weighted by Crippen LogP contribution is 2.30. The van der Waals surface area contributed by atoms with E-state index in [0.717, 1.165) is 61.9 Å². The predicted octanol–water partition coefficient (Wildman–Crippen LogP) is 2.20. The largest absolute Gasteiger partial charge is 0.490 e. The third-order valence-electron chi connectivity index (χ3n) is 4.89. The fourth-order valence-electron chi connectivity index (χ4n) is 3.39. The number of rotatable bonds is 4. The first kappa shape index (κ1) is 19.3. The number of ether oxygens (including phenoxy) is 3. The van der Waals surface area contributed by atoms with E-state index in [2.05, 4.69) is 17.1 Å². The second-order valence-electron chi connectivity index (χ2n) is 6.79. The van der Waals surface area contributed by atoms with Gasteiger partial charge >= 0.3 is 5.97 Å². The van der Waals surface area contributed by atoms with Crippen LogP contribution >= 0.6 is 0 Å². The van der Waals surface area contributed by atoms with E-state index in [4.69, 9.17) is 19.2 Å². The van der Waals surface area contributed by atoms with Crippen LogP contribution in [0.2, 0.25) is 0 Å². The van der Waals surface area contributed by atoms with Gasteiger partial charge in [0, 0.05) is 26.1 Å². The minimum Gasteiger partial charge on any atom is -0.490 e. The van der Waals surface area contributed by atoms with Crippen molar-refractivity contribution in [2.75, 3.05) is 40.0 Å². The monoisotopic (exact) mass is 375 g/mol. The van der Waals surface area contributed by atoms with E-state index in [1.807, 2.05) is 18.2 Å². The van der Waals surface area contributed by atoms with Crippen LogP contribution < -0.4 is 14.8 Å². The number of nitrogens with zero attached hydrogens (tertiary/aromatic N) is 2. The van der Waals surface area contributed by atoms with Crippen molar-refractivity contribution < 1.29 is 19.0 Å². The van der Waals surface area contributed by atoms with Crippen molar-refractivity contribution in [1.82, 2.24) is 10.2 Å². The molecule has 1 aromatic rings. The zero-order chi connectivity index (χ0) is 19.1. The molecule has 0 unspecified atom stereocenters. The molecule has 0 bridgehead atoms. The maximum absolute atomic E-state index is 11.7. The lowest BCUT2D eigenvalue weighted by Gasteiger charge is -2.33. The molecule has 1 N–H and O–H groups in total. The molecule has 0 atom stereocenters. The molecule has 0 spiro atoms. The van der Waals surface area contributed by atoms with Gasteiger partial charge in [0.1, 0.15) is 0 Å². The summed E-state index contributed by atoms with van der Waals surface area (Å²) < 4.78 is 16.3. The van der Waals surface area contributed by atoms with Crippen LogP contribution in [0.15, 0.2) is 23.2 Å². The average Bonchev–Trinajstić information content (AvgIpc) is 2.95. The molecule has 0 saturated carbocycles. The van der Waals surface area contributed by atoms with E-state index in [0.29, 0.717) is 19.8 Å². The van der Waals surface area contributed by atoms with Gasteiger partial charge < -0.3 is 24.4 Å². The summed E-state index contributed by atoms with van der Waals surface area (Å²) in [5.74, 6) is 2.37. The molecule has 0 amide bonds. The molecule has 27 heavy (non-hydrogen) atoms. The molecule has 2 aliphatic rings. The van der Waals surface area contributed by atoms with Crippen molar-refractivity contribution in [3.8, 4) is 11.5 Å². The van der Waals surface area contributed by atoms with Crippen LogP contribution in [-0.4, -0.2) is 56.8 Å². The summed E-state index contributed by atoms with van der Waals surface area (Å²) in [5.41, 5.74) is 1.08. The fourth-order valence-corrected chi connectivity index (χ4v) is 3.39. The van der Waals surface area contributed by atoms with E-state index < -0.39 is 0 Å². The summed E-state index contributed by atoms with van der Waals surface area (Å²) in [6.45, 7) is 6.39. The number of aliphatic imine (C=N–C) groups is 1. The lowest BCUT2D eigenvalue weighted by atomic mass is 9.97. The summed E-state index contributed by atoms with van der Waals surface area (Å²) >= 11 is 0. The van der Waals surface area contributed by atoms with Crippen LogP contribution in [0, 0.1) is 5.92 Å². The Morgan fingerprint density at radius 1 is 1.26 bits per heavy atom. The number of guanidine groups is 1. The molecular formula is C20H29N3O4. The molecule has 0 aliphatic carbocycles. The molecule has 1 aromatic carbocycles. The zero-order valence-corrected chi connectivity index (χ0v) is 16.2. The first-order valence-electron chi connectivity index (χ1n) is 9.71. The van der Waals surface area contributed by atoms with E-state index >= 15 is 0 Å². The van der Waals surface area contributed by atoms with Crippen molar-refractivity contribution in [3.05, 3.63) is 23.8 Å². The number of hydrogen-bond acceptors (Lipinski definition) is 5. The maximum atomic E-state index is 11.7. The van der Waals surface area contributed by atoms with E-state index in [-0.39, 0.29) is 11.9 Å². The smallest absolute Gasteiger partial charge is 0.308 e. The van der Waals surface area contributed by atoms with Gasteiger partial charge in [-0.25, -0.2) is 4.99 Å². The number of carbonyl (C=O) groups excluding carboxylic acids is 1. The van der Waals surface area contributed by atoms with E-state index in [1.54, 1.807) is 0 Å². The molecule has 1 fully saturated rings. The summed E-state index contributed by atoms with van der Waals surface area (Å²) in [4.78, 5) is 18.7. The Morgan fingerprint density at radius 2 is 2.00 bits per heavy atom. The number of likely N-dealkylation sites (tertiary alicyclic amines) is 1. The quantitative estimate of drug-likeness (QED) is 0.494. The molecule has 7 heteroatoms. The Morgan fingerprint density at radius 3 is 2.70 bits per heavy atom. The third kappa shape index (κ3) is 5.05. The number of piperidine rings is 1. The number of esters is 1. The second-order valence-corrected chi connectivity index (χ2v) is 6.79. The number of hydrogen-bond donors (Lipinski definition) is 1. The molecule has 3 rings (SSSR count). The van der Waals surface area contributed by atoms with Gasteiger partial charge in [-0.05, 0) is 37.5 Å². The van der Waals surface area contributed by atoms with Crippen molar-refractivity contribution in [2.24, 2.45) is 10.9 Å². The summed E-state index contributed by atoms with van der Waals surface area (Å²) in [6.07, 6.45) is 2.48. The summed E-state index contributed by atoms with van der Waals surface area (Å²) in [7, 11) is 1.45. The van der Waals surface area contributed by atoms with Gasteiger partial charge in [0.15, 0.2) is 17.5 Å². The van der Waals surface area contributed by atoms with E-state index in [1.165, 1.54) is 7.11 Å². The molecule has 7 nitrogen and oxygen atoms in total. The van der Waals surface area contributed by atoms with Crippen LogP contribution in [0.4, 0.5) is 0 Å². The molecule has 148 valence electrons. The average molecular weight is 375 g/mol. The molecular weight excluding hydrogens is 346 g/mol. The van der Waals surface area contributed by atoms with Crippen LogP contribution in [-0.2, 0) is 16.1 Å². The maximum Gasteiger partial charge on any atom is 0.308 e. The highest BCUT2D eigenvalue weighted by Gasteiger charge is 2.27. The van der Waals surface area contributed by atoms with Crippen molar-refractivity contribution >= 4 is 11.9 Å². The lowest BCUT2D eigenvalue weighted by Crippen LogP contribution is -2.46. The van der Waals surface area contributed by atoms with Crippen molar-refractivity contribution in [1.29, 1.82) is 0 Å². The Balaban J connectivity index is 1.64. The summed E-state index contributed by atoms with van der Waals surface area (Å²) in [5, 5.41) is 3.36. The van der Waals surface area contributed by atoms with Crippen LogP contribution in [0.5, 0.6) is 11.5 Å². The highest BCUT2D eigenvalue weighted by atomic mass is 16.5. The third-order valence-corrected chi connectivity index (χ3v) is 4.89. The minimum atomic E-state index is -0.108. The standard InChI is InChI=1S/C20H29N3O4/c1-3-21-20(23-9-7-16(8-10-23)19(24)25-2)22-14-15-5-6-17-18(13-15)27-12-4-11-26-17/h5-6,13,16H,3-4,7-12,14H2,1-2H3,(H,21,22). The van der Waals surface area contributed by atoms with Crippen LogP contribution in [0.3, 0.4) is 0 Å². The second kappa shape index (κ2) is 9.48. The topological polar surface area (TPSA) is 72.4 Å². The Bertz CT molecular complexity index is 669. The van der Waals surface area contributed by atoms with Gasteiger partial charge in [0.25, 0.3) is 0 Å². The molecule has 2 aliphatic heterocycles. The summed E-state index contributed by atoms with van der Waals surface area (Å²) in [6, 6.07) is 6.00. The molecule has 2 heterocycles. The van der Waals surface area contributed by atoms with Gasteiger partial charge in [0.05, 0.1) is 32.8 Å². The first-order valence-corrected chi connectivity index (χ1v) is 9.71. The Labute approximate surface area is 160 Å². The van der Waals surface area contributed by atoms with Gasteiger partial charge in [0.2, 0.25) is 0 Å². The van der Waals surface area contributed by atoms with Gasteiger partial charge in [-0.2, -0.15) is 0 Å². The predicted molar refractivity (Wildman–Crippen MR) is 103 cm³/mol. The SMILES string of the molecule is CCNC(=NCc1ccc2c(c1)OCCCO2)N1CCC(C(=O)OC)CC1. The number of fused-ring (bicyclic) bond motifs is 1. The molecule has 0 radical (unpaired) electrons. The van der Waals surface area contributed by atoms with Gasteiger partial charge in [-0.1, -0.05) is 6.07 Å². The lowest BCUT2D eigenvalue weighted by molar-refractivity contribution is -0.146. The van der Waals surface area contributed by atoms with Crippen molar-refractivity contribution in [2.45, 2.75) is 32.7 Å². The zero-order valence-electron chi connectivity index (χ0n) is 16.2.